The van der Waals surface area contributed by atoms with Crippen molar-refractivity contribution in [2.45, 2.75) is 25.5 Å². The predicted molar refractivity (Wildman–Crippen MR) is 96.7 cm³/mol. The second kappa shape index (κ2) is 7.58. The van der Waals surface area contributed by atoms with Crippen LogP contribution in [-0.2, 0) is 6.54 Å². The zero-order chi connectivity index (χ0) is 18.6. The minimum Gasteiger partial charge on any atom is -0.478 e. The Morgan fingerprint density at radius 2 is 1.65 bits per heavy atom. The largest absolute Gasteiger partial charge is 0.478 e. The zero-order valence-electron chi connectivity index (χ0n) is 14.3. The van der Waals surface area contributed by atoms with Gasteiger partial charge in [-0.05, 0) is 36.1 Å². The van der Waals surface area contributed by atoms with Gasteiger partial charge in [-0.1, -0.05) is 42.5 Å². The van der Waals surface area contributed by atoms with Crippen molar-refractivity contribution >= 4 is 12.0 Å². The maximum atomic E-state index is 12.0. The number of amides is 2. The van der Waals surface area contributed by atoms with Gasteiger partial charge in [-0.25, -0.2) is 9.59 Å². The molecule has 0 heterocycles. The minimum atomic E-state index is -0.978. The number of carboxylic acids is 1. The molecule has 2 aromatic rings. The lowest BCUT2D eigenvalue weighted by atomic mass is 9.93. The molecule has 2 amide bonds. The van der Waals surface area contributed by atoms with E-state index in [1.807, 2.05) is 30.3 Å². The Hall–Kier alpha value is -2.86. The number of urea groups is 1. The molecule has 0 aromatic heterocycles. The first-order valence-corrected chi connectivity index (χ1v) is 8.57. The number of benzene rings is 2. The van der Waals surface area contributed by atoms with Crippen molar-refractivity contribution in [2.24, 2.45) is 5.41 Å². The van der Waals surface area contributed by atoms with Crippen LogP contribution in [-0.4, -0.2) is 28.8 Å². The summed E-state index contributed by atoms with van der Waals surface area (Å²) in [5, 5.41) is 25.0. The quantitative estimate of drug-likeness (QED) is 0.614. The second-order valence-electron chi connectivity index (χ2n) is 6.71. The summed E-state index contributed by atoms with van der Waals surface area (Å²) in [6, 6.07) is 15.5. The molecular weight excluding hydrogens is 332 g/mol. The van der Waals surface area contributed by atoms with Crippen LogP contribution in [0, 0.1) is 5.41 Å². The predicted octanol–water partition coefficient (Wildman–Crippen LogP) is 2.70. The van der Waals surface area contributed by atoms with Gasteiger partial charge in [0.2, 0.25) is 0 Å². The number of rotatable bonds is 7. The molecule has 1 fully saturated rings. The van der Waals surface area contributed by atoms with Crippen molar-refractivity contribution in [1.82, 2.24) is 10.6 Å². The summed E-state index contributed by atoms with van der Waals surface area (Å²) in [5.41, 5.74) is 1.60. The van der Waals surface area contributed by atoms with Crippen molar-refractivity contribution in [1.29, 1.82) is 0 Å². The number of aliphatic hydroxyl groups is 1. The number of carboxylic acid groups (broad SMARTS) is 1. The molecule has 0 aliphatic heterocycles. The highest BCUT2D eigenvalue weighted by molar-refractivity contribution is 5.87. The summed E-state index contributed by atoms with van der Waals surface area (Å²) < 4.78 is 0. The van der Waals surface area contributed by atoms with Crippen molar-refractivity contribution in [3.8, 4) is 0 Å². The number of hydrogen-bond acceptors (Lipinski definition) is 3. The Kier molecular flexibility index (Phi) is 5.23. The van der Waals surface area contributed by atoms with Crippen LogP contribution in [0.1, 0.15) is 40.4 Å². The number of nitrogens with one attached hydrogen (secondary N) is 2. The molecular formula is C20H22N2O4. The summed E-state index contributed by atoms with van der Waals surface area (Å²) in [6.45, 7) is 0.715. The van der Waals surface area contributed by atoms with Crippen molar-refractivity contribution < 1.29 is 19.8 Å². The van der Waals surface area contributed by atoms with Crippen molar-refractivity contribution in [3.05, 3.63) is 71.3 Å². The van der Waals surface area contributed by atoms with Gasteiger partial charge in [-0.2, -0.15) is 0 Å². The number of hydrogen-bond donors (Lipinski definition) is 4. The van der Waals surface area contributed by atoms with Crippen LogP contribution in [0.4, 0.5) is 4.79 Å². The standard InChI is InChI=1S/C20H22N2O4/c23-17(15-4-2-1-3-5-15)20(10-11-20)13-22-19(26)21-12-14-6-8-16(9-7-14)18(24)25/h1-9,17,23H,10-13H2,(H,24,25)(H2,21,22,26). The molecule has 136 valence electrons. The highest BCUT2D eigenvalue weighted by Crippen LogP contribution is 2.54. The van der Waals surface area contributed by atoms with Crippen molar-refractivity contribution in [2.75, 3.05) is 6.54 Å². The van der Waals surface area contributed by atoms with E-state index in [9.17, 15) is 14.7 Å². The summed E-state index contributed by atoms with van der Waals surface area (Å²) in [5.74, 6) is -0.978. The Morgan fingerprint density at radius 1 is 1.00 bits per heavy atom. The maximum Gasteiger partial charge on any atom is 0.335 e. The van der Waals surface area contributed by atoms with Crippen LogP contribution in [0.3, 0.4) is 0 Å². The van der Waals surface area contributed by atoms with E-state index < -0.39 is 12.1 Å². The average Bonchev–Trinajstić information content (AvgIpc) is 3.46. The molecule has 6 heteroatoms. The van der Waals surface area contributed by atoms with E-state index in [-0.39, 0.29) is 17.0 Å². The lowest BCUT2D eigenvalue weighted by Crippen LogP contribution is -2.39. The molecule has 3 rings (SSSR count). The molecule has 4 N–H and O–H groups in total. The number of aliphatic hydroxyl groups excluding tert-OH is 1. The molecule has 1 aliphatic carbocycles. The van der Waals surface area contributed by atoms with Gasteiger partial charge in [-0.15, -0.1) is 0 Å². The van der Waals surface area contributed by atoms with Crippen LogP contribution < -0.4 is 10.6 Å². The first-order chi connectivity index (χ1) is 12.5. The van der Waals surface area contributed by atoms with E-state index in [2.05, 4.69) is 10.6 Å². The van der Waals surface area contributed by atoms with E-state index in [0.717, 1.165) is 24.0 Å². The van der Waals surface area contributed by atoms with Crippen LogP contribution in [0.25, 0.3) is 0 Å². The Morgan fingerprint density at radius 3 is 2.23 bits per heavy atom. The summed E-state index contributed by atoms with van der Waals surface area (Å²) in [4.78, 5) is 22.8. The number of carbonyl (C=O) groups excluding carboxylic acids is 1. The van der Waals surface area contributed by atoms with Gasteiger partial charge in [0.05, 0.1) is 11.7 Å². The molecule has 1 aliphatic rings. The minimum absolute atomic E-state index is 0.212. The van der Waals surface area contributed by atoms with E-state index in [4.69, 9.17) is 5.11 Å². The molecule has 0 radical (unpaired) electrons. The van der Waals surface area contributed by atoms with Gasteiger partial charge >= 0.3 is 12.0 Å². The molecule has 26 heavy (non-hydrogen) atoms. The Balaban J connectivity index is 1.47. The molecule has 1 saturated carbocycles. The lowest BCUT2D eigenvalue weighted by Gasteiger charge is -2.23. The smallest absolute Gasteiger partial charge is 0.335 e. The maximum absolute atomic E-state index is 12.0. The van der Waals surface area contributed by atoms with Crippen LogP contribution in [0.15, 0.2) is 54.6 Å². The van der Waals surface area contributed by atoms with E-state index in [1.54, 1.807) is 12.1 Å². The Bertz CT molecular complexity index is 770. The third-order valence-electron chi connectivity index (χ3n) is 4.84. The normalized spacial score (nSPS) is 15.7. The van der Waals surface area contributed by atoms with E-state index in [0.29, 0.717) is 13.1 Å². The fourth-order valence-corrected chi connectivity index (χ4v) is 2.96. The first kappa shape index (κ1) is 17.9. The molecule has 2 aromatic carbocycles. The van der Waals surface area contributed by atoms with E-state index in [1.165, 1.54) is 12.1 Å². The average molecular weight is 354 g/mol. The summed E-state index contributed by atoms with van der Waals surface area (Å²) in [6.07, 6.45) is 1.16. The van der Waals surface area contributed by atoms with Crippen LogP contribution in [0.2, 0.25) is 0 Å². The highest BCUT2D eigenvalue weighted by Gasteiger charge is 2.49. The third kappa shape index (κ3) is 4.21. The first-order valence-electron chi connectivity index (χ1n) is 8.57. The fourth-order valence-electron chi connectivity index (χ4n) is 2.96. The molecule has 1 unspecified atom stereocenters. The summed E-state index contributed by atoms with van der Waals surface area (Å²) in [7, 11) is 0. The third-order valence-corrected chi connectivity index (χ3v) is 4.84. The number of carbonyl (C=O) groups is 2. The van der Waals surface area contributed by atoms with Gasteiger partial charge in [-0.3, -0.25) is 0 Å². The lowest BCUT2D eigenvalue weighted by molar-refractivity contribution is 0.0696. The monoisotopic (exact) mass is 354 g/mol. The second-order valence-corrected chi connectivity index (χ2v) is 6.71. The molecule has 0 saturated heterocycles. The molecule has 1 atom stereocenters. The topological polar surface area (TPSA) is 98.7 Å². The number of aromatic carboxylic acids is 1. The van der Waals surface area contributed by atoms with Gasteiger partial charge in [0.15, 0.2) is 0 Å². The highest BCUT2D eigenvalue weighted by atomic mass is 16.4. The van der Waals surface area contributed by atoms with E-state index >= 15 is 0 Å². The fraction of sp³-hybridized carbons (Fsp3) is 0.300. The van der Waals surface area contributed by atoms with Gasteiger partial charge in [0.25, 0.3) is 0 Å². The SMILES string of the molecule is O=C(NCc1ccc(C(=O)O)cc1)NCC1(C(O)c2ccccc2)CC1. The van der Waals surface area contributed by atoms with Crippen LogP contribution in [0.5, 0.6) is 0 Å². The van der Waals surface area contributed by atoms with Gasteiger partial charge < -0.3 is 20.8 Å². The zero-order valence-corrected chi connectivity index (χ0v) is 14.3. The molecule has 0 spiro atoms. The van der Waals surface area contributed by atoms with Crippen LogP contribution >= 0.6 is 0 Å². The van der Waals surface area contributed by atoms with Gasteiger partial charge in [0, 0.05) is 18.5 Å². The van der Waals surface area contributed by atoms with Crippen molar-refractivity contribution in [3.63, 3.8) is 0 Å². The van der Waals surface area contributed by atoms with Gasteiger partial charge in [0.1, 0.15) is 0 Å². The summed E-state index contributed by atoms with van der Waals surface area (Å²) >= 11 is 0. The molecule has 6 nitrogen and oxygen atoms in total. The molecule has 0 bridgehead atoms. The Labute approximate surface area is 151 Å².